The third kappa shape index (κ3) is 7.58. The summed E-state index contributed by atoms with van der Waals surface area (Å²) >= 11 is 6.44. The first-order chi connectivity index (χ1) is 16.5. The fraction of sp³-hybridized carbons (Fsp3) is 0.636. The highest BCUT2D eigenvalue weighted by Crippen LogP contribution is 2.46. The molecule has 2 fully saturated rings. The van der Waals surface area contributed by atoms with Gasteiger partial charge in [-0.25, -0.2) is 0 Å². The molecule has 7 nitrogen and oxygen atoms in total. The molecule has 2 aliphatic rings. The van der Waals surface area contributed by atoms with E-state index in [0.717, 1.165) is 10.7 Å². The summed E-state index contributed by atoms with van der Waals surface area (Å²) < 4.78 is 84.7. The molecule has 1 N–H and O–H groups in total. The van der Waals surface area contributed by atoms with Crippen molar-refractivity contribution >= 4 is 89.8 Å². The number of rotatable bonds is 6. The van der Waals surface area contributed by atoms with Gasteiger partial charge in [0.1, 0.15) is 5.75 Å². The topological polar surface area (TPSA) is 107 Å². The van der Waals surface area contributed by atoms with Crippen LogP contribution >= 0.6 is 67.8 Å². The molecule has 0 amide bonds. The van der Waals surface area contributed by atoms with Gasteiger partial charge >= 0.3 is 18.1 Å². The van der Waals surface area contributed by atoms with Crippen molar-refractivity contribution in [2.75, 3.05) is 5.75 Å². The Labute approximate surface area is 248 Å². The van der Waals surface area contributed by atoms with Gasteiger partial charge < -0.3 is 9.47 Å². The largest absolute Gasteiger partial charge is 0.448 e. The maximum atomic E-state index is 13.5. The number of ether oxygens (including phenoxy) is 2. The Balaban J connectivity index is 1.61. The van der Waals surface area contributed by atoms with Crippen LogP contribution in [0.2, 0.25) is 0 Å². The first-order valence-corrected chi connectivity index (χ1v) is 15.9. The van der Waals surface area contributed by atoms with Crippen LogP contribution in [-0.4, -0.2) is 42.4 Å². The number of esters is 2. The van der Waals surface area contributed by atoms with Crippen molar-refractivity contribution in [2.45, 2.75) is 57.2 Å². The van der Waals surface area contributed by atoms with Gasteiger partial charge in [0.25, 0.3) is 10.1 Å². The van der Waals surface area contributed by atoms with Crippen LogP contribution in [0.5, 0.6) is 5.75 Å². The summed E-state index contributed by atoms with van der Waals surface area (Å²) in [4.78, 5) is 25.5. The predicted octanol–water partition coefficient (Wildman–Crippen LogP) is 5.99. The third-order valence-corrected chi connectivity index (χ3v) is 9.97. The first-order valence-electron chi connectivity index (χ1n) is 11.1. The zero-order valence-electron chi connectivity index (χ0n) is 19.0. The second kappa shape index (κ2) is 11.7. The third-order valence-electron chi connectivity index (χ3n) is 6.83. The van der Waals surface area contributed by atoms with Crippen LogP contribution in [0.3, 0.4) is 0 Å². The number of halogens is 6. The van der Waals surface area contributed by atoms with Crippen LogP contribution in [0.25, 0.3) is 0 Å². The molecule has 0 heterocycles. The lowest BCUT2D eigenvalue weighted by Gasteiger charge is -2.41. The Hall–Kier alpha value is 0.0500. The van der Waals surface area contributed by atoms with Gasteiger partial charge in [-0.2, -0.15) is 21.6 Å². The number of hydrogen-bond acceptors (Lipinski definition) is 6. The number of carbonyl (C=O) groups excluding carboxylic acids is 2. The van der Waals surface area contributed by atoms with Crippen molar-refractivity contribution in [2.24, 2.45) is 23.7 Å². The highest BCUT2D eigenvalue weighted by molar-refractivity contribution is 14.1. The van der Waals surface area contributed by atoms with E-state index in [4.69, 9.17) is 9.29 Å². The van der Waals surface area contributed by atoms with Gasteiger partial charge in [-0.05, 0) is 137 Å². The molecule has 202 valence electrons. The molecule has 14 heteroatoms. The summed E-state index contributed by atoms with van der Waals surface area (Å²) in [5, 5.41) is 0. The molecule has 36 heavy (non-hydrogen) atoms. The quantitative estimate of drug-likeness (QED) is 0.162. The van der Waals surface area contributed by atoms with Gasteiger partial charge in [0, 0.05) is 3.57 Å². The van der Waals surface area contributed by atoms with Gasteiger partial charge in [-0.3, -0.25) is 14.1 Å². The van der Waals surface area contributed by atoms with Crippen molar-refractivity contribution in [3.8, 4) is 5.75 Å². The van der Waals surface area contributed by atoms with E-state index >= 15 is 0 Å². The first kappa shape index (κ1) is 30.6. The molecule has 2 aliphatic carbocycles. The summed E-state index contributed by atoms with van der Waals surface area (Å²) in [6.45, 7) is 0.442. The molecule has 0 aromatic heterocycles. The van der Waals surface area contributed by atoms with Crippen molar-refractivity contribution in [1.82, 2.24) is 0 Å². The highest BCUT2D eigenvalue weighted by Gasteiger charge is 2.57. The molecule has 1 aromatic rings. The lowest BCUT2D eigenvalue weighted by molar-refractivity contribution is -0.258. The monoisotopic (exact) mass is 870 g/mol. The fourth-order valence-electron chi connectivity index (χ4n) is 4.95. The van der Waals surface area contributed by atoms with E-state index in [2.05, 4.69) is 72.5 Å². The normalized spacial score (nSPS) is 26.4. The minimum Gasteiger partial charge on any atom is -0.448 e. The van der Waals surface area contributed by atoms with Crippen LogP contribution in [0.15, 0.2) is 12.1 Å². The van der Waals surface area contributed by atoms with Crippen molar-refractivity contribution < 1.29 is 45.2 Å². The van der Waals surface area contributed by atoms with Gasteiger partial charge in [-0.1, -0.05) is 0 Å². The standard InChI is InChI=1S/C22H24F3I3O7S/c1-21(22(23,24)25,10-36(31,32)33)35-20(30)14-5-3-11-6-13(4-2-12(11)7-14)19(29)34-18-16(27)8-15(26)9-17(18)28/h8-9,11-14H,2-7,10H2,1H3,(H,31,32,33). The summed E-state index contributed by atoms with van der Waals surface area (Å²) in [5.41, 5.74) is -3.35. The van der Waals surface area contributed by atoms with E-state index in [1.807, 2.05) is 12.1 Å². The number of benzene rings is 1. The smallest absolute Gasteiger partial charge is 0.429 e. The van der Waals surface area contributed by atoms with Crippen LogP contribution in [0, 0.1) is 34.4 Å². The highest BCUT2D eigenvalue weighted by atomic mass is 127. The Morgan fingerprint density at radius 3 is 1.89 bits per heavy atom. The van der Waals surface area contributed by atoms with E-state index in [1.165, 1.54) is 0 Å². The fourth-order valence-corrected chi connectivity index (χ4v) is 9.67. The average Bonchev–Trinajstić information content (AvgIpc) is 2.73. The average molecular weight is 870 g/mol. The Bertz CT molecular complexity index is 1110. The minimum absolute atomic E-state index is 0.0395. The molecule has 5 unspecified atom stereocenters. The zero-order chi connectivity index (χ0) is 27.1. The Morgan fingerprint density at radius 2 is 1.44 bits per heavy atom. The van der Waals surface area contributed by atoms with Crippen molar-refractivity contribution in [1.29, 1.82) is 0 Å². The van der Waals surface area contributed by atoms with Crippen LogP contribution in [0.4, 0.5) is 13.2 Å². The zero-order valence-corrected chi connectivity index (χ0v) is 26.3. The maximum Gasteiger partial charge on any atom is 0.429 e. The summed E-state index contributed by atoms with van der Waals surface area (Å²) in [5.74, 6) is -3.61. The molecule has 0 radical (unpaired) electrons. The Kier molecular flexibility index (Phi) is 9.90. The second-order valence-corrected chi connectivity index (χ2v) is 14.6. The molecular formula is C22H24F3I3O7S. The van der Waals surface area contributed by atoms with Gasteiger partial charge in [0.05, 0.1) is 19.0 Å². The van der Waals surface area contributed by atoms with Gasteiger partial charge in [-0.15, -0.1) is 0 Å². The van der Waals surface area contributed by atoms with Crippen LogP contribution in [-0.2, 0) is 24.4 Å². The van der Waals surface area contributed by atoms with Crippen molar-refractivity contribution in [3.63, 3.8) is 0 Å². The van der Waals surface area contributed by atoms with E-state index in [0.29, 0.717) is 44.8 Å². The minimum atomic E-state index is -5.18. The molecule has 0 bridgehead atoms. The predicted molar refractivity (Wildman–Crippen MR) is 149 cm³/mol. The van der Waals surface area contributed by atoms with E-state index in [1.54, 1.807) is 0 Å². The van der Waals surface area contributed by atoms with E-state index < -0.39 is 39.5 Å². The molecule has 5 atom stereocenters. The van der Waals surface area contributed by atoms with Crippen molar-refractivity contribution in [3.05, 3.63) is 22.8 Å². The summed E-state index contributed by atoms with van der Waals surface area (Å²) in [6, 6.07) is 3.84. The SMILES string of the molecule is CC(CS(=O)(=O)O)(OC(=O)C1CCC2CC(C(=O)Oc3c(I)cc(I)cc3I)CCC2C1)C(F)(F)F. The maximum absolute atomic E-state index is 13.5. The second-order valence-electron chi connectivity index (χ2n) is 9.54. The van der Waals surface area contributed by atoms with E-state index in [-0.39, 0.29) is 30.1 Å². The summed E-state index contributed by atoms with van der Waals surface area (Å²) in [7, 11) is -5.05. The molecular weight excluding hydrogens is 846 g/mol. The number of carbonyl (C=O) groups is 2. The molecule has 0 saturated heterocycles. The molecule has 1 aromatic carbocycles. The number of hydrogen-bond donors (Lipinski definition) is 1. The molecule has 0 spiro atoms. The van der Waals surface area contributed by atoms with Gasteiger partial charge in [0.2, 0.25) is 5.60 Å². The Morgan fingerprint density at radius 1 is 0.972 bits per heavy atom. The number of alkyl halides is 3. The molecule has 3 rings (SSSR count). The molecule has 0 aliphatic heterocycles. The molecule has 2 saturated carbocycles. The van der Waals surface area contributed by atoms with E-state index in [9.17, 15) is 31.2 Å². The van der Waals surface area contributed by atoms with Crippen LogP contribution < -0.4 is 4.74 Å². The summed E-state index contributed by atoms with van der Waals surface area (Å²) in [6.07, 6.45) is -2.33. The van der Waals surface area contributed by atoms with Crippen LogP contribution in [0.1, 0.15) is 45.4 Å². The van der Waals surface area contributed by atoms with Gasteiger partial charge in [0.15, 0.2) is 5.75 Å². The lowest BCUT2D eigenvalue weighted by atomic mass is 9.65. The number of fused-ring (bicyclic) bond motifs is 1. The lowest BCUT2D eigenvalue weighted by Crippen LogP contribution is -2.52.